The van der Waals surface area contributed by atoms with Crippen molar-refractivity contribution in [2.24, 2.45) is 0 Å². The van der Waals surface area contributed by atoms with Crippen LogP contribution in [0.5, 0.6) is 0 Å². The number of aryl methyl sites for hydroxylation is 4. The molecule has 0 N–H and O–H groups in total. The Hall–Kier alpha value is -5.08. The van der Waals surface area contributed by atoms with E-state index >= 15 is 0 Å². The molecule has 2 aromatic heterocycles. The Morgan fingerprint density at radius 1 is 0.370 bits per heavy atom. The van der Waals surface area contributed by atoms with Gasteiger partial charge < -0.3 is 0 Å². The Morgan fingerprint density at radius 2 is 0.761 bits per heavy atom. The fraction of sp³-hybridized carbons (Fsp3) is 0.182. The van der Waals surface area contributed by atoms with E-state index in [-0.39, 0.29) is 0 Å². The van der Waals surface area contributed by atoms with E-state index in [0.29, 0.717) is 0 Å². The predicted octanol–water partition coefficient (Wildman–Crippen LogP) is 11.7. The van der Waals surface area contributed by atoms with Crippen LogP contribution in [0.2, 0.25) is 0 Å². The van der Waals surface area contributed by atoms with Crippen LogP contribution in [-0.4, -0.2) is 9.97 Å². The molecular weight excluding hydrogens is 556 g/mol. The molecule has 226 valence electrons. The lowest BCUT2D eigenvalue weighted by molar-refractivity contribution is 1.04. The van der Waals surface area contributed by atoms with Gasteiger partial charge in [-0.3, -0.25) is 0 Å². The maximum Gasteiger partial charge on any atom is 0.0978 e. The lowest BCUT2D eigenvalue weighted by Gasteiger charge is -2.16. The number of nitrogens with zero attached hydrogens (tertiary/aromatic N) is 2. The van der Waals surface area contributed by atoms with Crippen LogP contribution in [-0.2, 0) is 25.7 Å². The largest absolute Gasteiger partial charge is 0.245 e. The van der Waals surface area contributed by atoms with Gasteiger partial charge in [0, 0.05) is 21.9 Å². The van der Waals surface area contributed by atoms with Gasteiger partial charge in [-0.25, -0.2) is 9.97 Å². The Morgan fingerprint density at radius 3 is 1.13 bits per heavy atom. The van der Waals surface area contributed by atoms with E-state index in [2.05, 4.69) is 149 Å². The topological polar surface area (TPSA) is 25.8 Å². The molecule has 0 saturated heterocycles. The van der Waals surface area contributed by atoms with E-state index in [1.54, 1.807) is 0 Å². The van der Waals surface area contributed by atoms with Crippen LogP contribution in [0.4, 0.5) is 0 Å². The summed E-state index contributed by atoms with van der Waals surface area (Å²) in [6, 6.07) is 44.1. The highest BCUT2D eigenvalue weighted by Crippen LogP contribution is 2.39. The third kappa shape index (κ3) is 5.39. The Kier molecular flexibility index (Phi) is 8.20. The Labute approximate surface area is 272 Å². The summed E-state index contributed by atoms with van der Waals surface area (Å²) >= 11 is 0. The highest BCUT2D eigenvalue weighted by atomic mass is 14.8. The molecule has 0 amide bonds. The van der Waals surface area contributed by atoms with Gasteiger partial charge in [-0.15, -0.1) is 0 Å². The molecule has 46 heavy (non-hydrogen) atoms. The summed E-state index contributed by atoms with van der Waals surface area (Å²) in [5.41, 5.74) is 16.4. The van der Waals surface area contributed by atoms with Crippen LogP contribution in [0.1, 0.15) is 49.9 Å². The lowest BCUT2D eigenvalue weighted by Crippen LogP contribution is -1.97. The van der Waals surface area contributed by atoms with Crippen LogP contribution in [0, 0.1) is 0 Å². The standard InChI is InChI=1S/C44H40N2/c1-5-29-19-21-35(25-31(29)7-3)41-27-39(33-15-11-9-12-16-33)37-23-24-38-40(34-17-13-10-14-18-34)28-42(46-44(38)43(37)45-41)36-22-20-30(6-2)32(8-4)26-36/h9-28H,5-8H2,1-4H3. The highest BCUT2D eigenvalue weighted by molar-refractivity contribution is 6.13. The molecule has 0 bridgehead atoms. The summed E-state index contributed by atoms with van der Waals surface area (Å²) in [6.07, 6.45) is 4.06. The summed E-state index contributed by atoms with van der Waals surface area (Å²) in [5, 5.41) is 2.23. The van der Waals surface area contributed by atoms with Crippen LogP contribution < -0.4 is 0 Å². The fourth-order valence-corrected chi connectivity index (χ4v) is 6.90. The normalized spacial score (nSPS) is 11.4. The molecule has 2 heteroatoms. The van der Waals surface area contributed by atoms with E-state index < -0.39 is 0 Å². The van der Waals surface area contributed by atoms with Gasteiger partial charge in [0.1, 0.15) is 0 Å². The number of rotatable bonds is 8. The molecule has 0 aliphatic carbocycles. The van der Waals surface area contributed by atoms with Gasteiger partial charge in [0.2, 0.25) is 0 Å². The second-order valence-corrected chi connectivity index (χ2v) is 12.1. The molecule has 0 fully saturated rings. The molecule has 0 aliphatic rings. The van der Waals surface area contributed by atoms with Crippen LogP contribution in [0.3, 0.4) is 0 Å². The Balaban J connectivity index is 1.58. The van der Waals surface area contributed by atoms with Gasteiger partial charge in [-0.2, -0.15) is 0 Å². The molecule has 0 spiro atoms. The SMILES string of the molecule is CCc1ccc(-c2cc(-c3ccccc3)c3ccc4c(-c5ccccc5)cc(-c5ccc(CC)c(CC)c5)nc4c3n2)cc1CC. The summed E-state index contributed by atoms with van der Waals surface area (Å²) in [4.78, 5) is 10.9. The maximum atomic E-state index is 5.46. The number of aromatic nitrogens is 2. The highest BCUT2D eigenvalue weighted by Gasteiger charge is 2.18. The molecule has 0 radical (unpaired) electrons. The summed E-state index contributed by atoms with van der Waals surface area (Å²) in [5.74, 6) is 0. The first-order chi connectivity index (χ1) is 22.6. The van der Waals surface area contributed by atoms with Crippen molar-refractivity contribution in [2.45, 2.75) is 53.4 Å². The summed E-state index contributed by atoms with van der Waals surface area (Å²) < 4.78 is 0. The van der Waals surface area contributed by atoms with E-state index in [1.165, 1.54) is 44.5 Å². The van der Waals surface area contributed by atoms with Gasteiger partial charge >= 0.3 is 0 Å². The van der Waals surface area contributed by atoms with E-state index in [9.17, 15) is 0 Å². The quantitative estimate of drug-likeness (QED) is 0.163. The molecule has 2 nitrogen and oxygen atoms in total. The van der Waals surface area contributed by atoms with Crippen molar-refractivity contribution in [3.05, 3.63) is 144 Å². The number of fused-ring (bicyclic) bond motifs is 3. The van der Waals surface area contributed by atoms with Crippen LogP contribution in [0.15, 0.2) is 121 Å². The minimum Gasteiger partial charge on any atom is -0.245 e. The first-order valence-electron chi connectivity index (χ1n) is 16.7. The monoisotopic (exact) mass is 596 g/mol. The minimum absolute atomic E-state index is 0.936. The summed E-state index contributed by atoms with van der Waals surface area (Å²) in [7, 11) is 0. The summed E-state index contributed by atoms with van der Waals surface area (Å²) in [6.45, 7) is 8.94. The van der Waals surface area contributed by atoms with E-state index in [4.69, 9.17) is 9.97 Å². The average molecular weight is 597 g/mol. The van der Waals surface area contributed by atoms with E-state index in [0.717, 1.165) is 70.0 Å². The lowest BCUT2D eigenvalue weighted by atomic mass is 9.92. The van der Waals surface area contributed by atoms with Gasteiger partial charge in [0.05, 0.1) is 22.4 Å². The average Bonchev–Trinajstić information content (AvgIpc) is 3.13. The van der Waals surface area contributed by atoms with E-state index in [1.807, 2.05) is 0 Å². The molecule has 0 saturated carbocycles. The second kappa shape index (κ2) is 12.7. The first-order valence-corrected chi connectivity index (χ1v) is 16.7. The zero-order valence-electron chi connectivity index (χ0n) is 27.3. The molecule has 2 heterocycles. The van der Waals surface area contributed by atoms with Crippen molar-refractivity contribution in [2.75, 3.05) is 0 Å². The van der Waals surface area contributed by atoms with Gasteiger partial charge in [0.25, 0.3) is 0 Å². The third-order valence-corrected chi connectivity index (χ3v) is 9.46. The van der Waals surface area contributed by atoms with Crippen LogP contribution >= 0.6 is 0 Å². The maximum absolute atomic E-state index is 5.46. The molecule has 0 aliphatic heterocycles. The molecule has 5 aromatic carbocycles. The molecule has 0 atom stereocenters. The van der Waals surface area contributed by atoms with Crippen LogP contribution in [0.25, 0.3) is 66.6 Å². The van der Waals surface area contributed by atoms with Crippen molar-refractivity contribution in [1.29, 1.82) is 0 Å². The molecule has 7 rings (SSSR count). The fourth-order valence-electron chi connectivity index (χ4n) is 6.90. The van der Waals surface area contributed by atoms with Gasteiger partial charge in [-0.05, 0) is 94.5 Å². The van der Waals surface area contributed by atoms with Gasteiger partial charge in [-0.1, -0.05) is 125 Å². The Bertz CT molecular complexity index is 2020. The van der Waals surface area contributed by atoms with Gasteiger partial charge in [0.15, 0.2) is 0 Å². The van der Waals surface area contributed by atoms with Crippen molar-refractivity contribution >= 4 is 21.8 Å². The number of pyridine rings is 2. The molecular formula is C44H40N2. The zero-order chi connectivity index (χ0) is 31.6. The zero-order valence-corrected chi connectivity index (χ0v) is 27.3. The number of benzene rings is 5. The van der Waals surface area contributed by atoms with Crippen molar-refractivity contribution in [1.82, 2.24) is 9.97 Å². The second-order valence-electron chi connectivity index (χ2n) is 12.1. The van der Waals surface area contributed by atoms with Crippen molar-refractivity contribution in [3.8, 4) is 44.8 Å². The minimum atomic E-state index is 0.936. The molecule has 7 aromatic rings. The predicted molar refractivity (Wildman–Crippen MR) is 196 cm³/mol. The van der Waals surface area contributed by atoms with Crippen molar-refractivity contribution < 1.29 is 0 Å². The third-order valence-electron chi connectivity index (χ3n) is 9.46. The number of hydrogen-bond acceptors (Lipinski definition) is 2. The van der Waals surface area contributed by atoms with Crippen molar-refractivity contribution in [3.63, 3.8) is 0 Å². The smallest absolute Gasteiger partial charge is 0.0978 e. The number of hydrogen-bond donors (Lipinski definition) is 0. The molecule has 0 unspecified atom stereocenters. The first kappa shape index (κ1) is 29.6.